The summed E-state index contributed by atoms with van der Waals surface area (Å²) >= 11 is 0. The molecule has 1 atom stereocenters. The first-order chi connectivity index (χ1) is 9.83. The standard InChI is InChI=1S/C14H20N2O5/c1-9(2)4-13(14(17)18)15-8-10-5-11(16(19)20)7-12(6-10)21-3/h5-7,9,13,15H,4,8H2,1-3H3,(H,17,18). The van der Waals surface area contributed by atoms with Crippen molar-refractivity contribution in [2.45, 2.75) is 32.9 Å². The molecule has 0 fully saturated rings. The normalized spacial score (nSPS) is 12.2. The number of nitro benzene ring substituents is 1. The molecule has 7 heteroatoms. The van der Waals surface area contributed by atoms with Crippen molar-refractivity contribution in [3.8, 4) is 5.75 Å². The molecule has 0 aliphatic heterocycles. The molecular weight excluding hydrogens is 276 g/mol. The number of aliphatic carboxylic acids is 1. The lowest BCUT2D eigenvalue weighted by molar-refractivity contribution is -0.385. The van der Waals surface area contributed by atoms with Gasteiger partial charge in [-0.05, 0) is 24.0 Å². The van der Waals surface area contributed by atoms with Crippen molar-refractivity contribution in [3.63, 3.8) is 0 Å². The van der Waals surface area contributed by atoms with Crippen molar-refractivity contribution < 1.29 is 19.6 Å². The SMILES string of the molecule is COc1cc(CNC(CC(C)C)C(=O)O)cc([N+](=O)[O-])c1. The van der Waals surface area contributed by atoms with Crippen LogP contribution in [0.5, 0.6) is 5.75 Å². The van der Waals surface area contributed by atoms with E-state index in [4.69, 9.17) is 9.84 Å². The Morgan fingerprint density at radius 3 is 2.57 bits per heavy atom. The fraction of sp³-hybridized carbons (Fsp3) is 0.500. The molecule has 1 aromatic carbocycles. The number of hydrogen-bond acceptors (Lipinski definition) is 5. The lowest BCUT2D eigenvalue weighted by Crippen LogP contribution is -2.37. The molecule has 0 amide bonds. The maximum Gasteiger partial charge on any atom is 0.320 e. The molecule has 21 heavy (non-hydrogen) atoms. The number of carboxylic acid groups (broad SMARTS) is 1. The summed E-state index contributed by atoms with van der Waals surface area (Å²) in [5, 5.41) is 22.9. The predicted molar refractivity (Wildman–Crippen MR) is 77.4 cm³/mol. The molecule has 1 rings (SSSR count). The monoisotopic (exact) mass is 296 g/mol. The minimum absolute atomic E-state index is 0.0816. The fourth-order valence-corrected chi connectivity index (χ4v) is 1.95. The van der Waals surface area contributed by atoms with Gasteiger partial charge in [0.25, 0.3) is 5.69 Å². The van der Waals surface area contributed by atoms with Gasteiger partial charge in [-0.2, -0.15) is 0 Å². The number of carboxylic acids is 1. The minimum Gasteiger partial charge on any atom is -0.496 e. The second kappa shape index (κ2) is 7.58. The van der Waals surface area contributed by atoms with Crippen LogP contribution in [-0.4, -0.2) is 29.2 Å². The molecule has 0 aliphatic rings. The van der Waals surface area contributed by atoms with E-state index >= 15 is 0 Å². The number of methoxy groups -OCH3 is 1. The maximum atomic E-state index is 11.2. The van der Waals surface area contributed by atoms with Crippen LogP contribution in [-0.2, 0) is 11.3 Å². The van der Waals surface area contributed by atoms with Crippen LogP contribution < -0.4 is 10.1 Å². The number of benzene rings is 1. The first-order valence-electron chi connectivity index (χ1n) is 6.62. The topological polar surface area (TPSA) is 102 Å². The Morgan fingerprint density at radius 2 is 2.10 bits per heavy atom. The Bertz CT molecular complexity index is 516. The van der Waals surface area contributed by atoms with Gasteiger partial charge < -0.3 is 15.2 Å². The van der Waals surface area contributed by atoms with Crippen LogP contribution in [0.2, 0.25) is 0 Å². The second-order valence-corrected chi connectivity index (χ2v) is 5.20. The van der Waals surface area contributed by atoms with Gasteiger partial charge in [-0.1, -0.05) is 13.8 Å². The van der Waals surface area contributed by atoms with Crippen LogP contribution >= 0.6 is 0 Å². The van der Waals surface area contributed by atoms with Gasteiger partial charge in [0.1, 0.15) is 11.8 Å². The van der Waals surface area contributed by atoms with Crippen molar-refractivity contribution in [1.82, 2.24) is 5.32 Å². The molecule has 0 radical (unpaired) electrons. The first kappa shape index (κ1) is 16.9. The van der Waals surface area contributed by atoms with Gasteiger partial charge in [-0.25, -0.2) is 0 Å². The quantitative estimate of drug-likeness (QED) is 0.563. The van der Waals surface area contributed by atoms with Crippen LogP contribution in [0.15, 0.2) is 18.2 Å². The van der Waals surface area contributed by atoms with E-state index in [1.807, 2.05) is 13.8 Å². The number of nitro groups is 1. The molecule has 0 aromatic heterocycles. The molecule has 0 saturated carbocycles. The van der Waals surface area contributed by atoms with Crippen LogP contribution in [0.25, 0.3) is 0 Å². The van der Waals surface area contributed by atoms with Crippen molar-refractivity contribution >= 4 is 11.7 Å². The van der Waals surface area contributed by atoms with E-state index in [0.717, 1.165) is 0 Å². The highest BCUT2D eigenvalue weighted by molar-refractivity contribution is 5.73. The smallest absolute Gasteiger partial charge is 0.320 e. The molecule has 116 valence electrons. The molecule has 0 bridgehead atoms. The Labute approximate surface area is 123 Å². The van der Waals surface area contributed by atoms with Gasteiger partial charge in [0.05, 0.1) is 18.1 Å². The number of non-ortho nitro benzene ring substituents is 1. The van der Waals surface area contributed by atoms with Crippen LogP contribution in [0.4, 0.5) is 5.69 Å². The summed E-state index contributed by atoms with van der Waals surface area (Å²) in [7, 11) is 1.43. The summed E-state index contributed by atoms with van der Waals surface area (Å²) in [6.07, 6.45) is 0.487. The fourth-order valence-electron chi connectivity index (χ4n) is 1.95. The highest BCUT2D eigenvalue weighted by atomic mass is 16.6. The minimum atomic E-state index is -0.930. The van der Waals surface area contributed by atoms with Crippen LogP contribution in [0.3, 0.4) is 0 Å². The molecule has 0 aliphatic carbocycles. The van der Waals surface area contributed by atoms with Gasteiger partial charge in [0, 0.05) is 12.6 Å². The number of nitrogens with zero attached hydrogens (tertiary/aromatic N) is 1. The summed E-state index contributed by atoms with van der Waals surface area (Å²) in [6, 6.07) is 3.69. The summed E-state index contributed by atoms with van der Waals surface area (Å²) < 4.78 is 5.02. The van der Waals surface area contributed by atoms with Gasteiger partial charge in [-0.15, -0.1) is 0 Å². The Hall–Kier alpha value is -2.15. The number of rotatable bonds is 8. The third kappa shape index (κ3) is 5.39. The van der Waals surface area contributed by atoms with Gasteiger partial charge in [0.15, 0.2) is 0 Å². The van der Waals surface area contributed by atoms with E-state index in [9.17, 15) is 14.9 Å². The third-order valence-electron chi connectivity index (χ3n) is 2.96. The van der Waals surface area contributed by atoms with Crippen molar-refractivity contribution in [2.75, 3.05) is 7.11 Å². The van der Waals surface area contributed by atoms with Gasteiger partial charge in [-0.3, -0.25) is 14.9 Å². The van der Waals surface area contributed by atoms with E-state index in [2.05, 4.69) is 5.32 Å². The zero-order valence-electron chi connectivity index (χ0n) is 12.3. The molecule has 0 heterocycles. The van der Waals surface area contributed by atoms with Crippen LogP contribution in [0, 0.1) is 16.0 Å². The predicted octanol–water partition coefficient (Wildman–Crippen LogP) is 2.19. The molecule has 1 unspecified atom stereocenters. The molecule has 0 spiro atoms. The first-order valence-corrected chi connectivity index (χ1v) is 6.62. The van der Waals surface area contributed by atoms with E-state index < -0.39 is 16.9 Å². The molecule has 2 N–H and O–H groups in total. The molecule has 0 saturated heterocycles. The number of ether oxygens (including phenoxy) is 1. The summed E-state index contributed by atoms with van der Waals surface area (Å²) in [5.41, 5.74) is 0.526. The van der Waals surface area contributed by atoms with Gasteiger partial charge in [0.2, 0.25) is 0 Å². The number of hydrogen-bond donors (Lipinski definition) is 2. The highest BCUT2D eigenvalue weighted by Gasteiger charge is 2.19. The summed E-state index contributed by atoms with van der Waals surface area (Å²) in [4.78, 5) is 21.5. The van der Waals surface area contributed by atoms with Crippen LogP contribution in [0.1, 0.15) is 25.8 Å². The number of nitrogens with one attached hydrogen (secondary N) is 1. The lowest BCUT2D eigenvalue weighted by Gasteiger charge is -2.16. The van der Waals surface area contributed by atoms with E-state index in [1.54, 1.807) is 6.07 Å². The largest absolute Gasteiger partial charge is 0.496 e. The second-order valence-electron chi connectivity index (χ2n) is 5.20. The molecular formula is C14H20N2O5. The molecule has 1 aromatic rings. The lowest BCUT2D eigenvalue weighted by atomic mass is 10.0. The summed E-state index contributed by atoms with van der Waals surface area (Å²) in [5.74, 6) is -0.323. The average molecular weight is 296 g/mol. The Morgan fingerprint density at radius 1 is 1.43 bits per heavy atom. The highest BCUT2D eigenvalue weighted by Crippen LogP contribution is 2.22. The van der Waals surface area contributed by atoms with Crippen molar-refractivity contribution in [1.29, 1.82) is 0 Å². The van der Waals surface area contributed by atoms with Crippen molar-refractivity contribution in [2.24, 2.45) is 5.92 Å². The van der Waals surface area contributed by atoms with Gasteiger partial charge >= 0.3 is 5.97 Å². The summed E-state index contributed by atoms with van der Waals surface area (Å²) in [6.45, 7) is 4.10. The third-order valence-corrected chi connectivity index (χ3v) is 2.96. The van der Waals surface area contributed by atoms with E-state index in [0.29, 0.717) is 17.7 Å². The van der Waals surface area contributed by atoms with Crippen molar-refractivity contribution in [3.05, 3.63) is 33.9 Å². The zero-order valence-corrected chi connectivity index (χ0v) is 12.3. The number of carbonyl (C=O) groups is 1. The Balaban J connectivity index is 2.83. The average Bonchev–Trinajstić information content (AvgIpc) is 2.42. The Kier molecular flexibility index (Phi) is 6.10. The zero-order chi connectivity index (χ0) is 16.0. The van der Waals surface area contributed by atoms with E-state index in [-0.39, 0.29) is 18.2 Å². The maximum absolute atomic E-state index is 11.2. The van der Waals surface area contributed by atoms with E-state index in [1.165, 1.54) is 19.2 Å². The molecule has 7 nitrogen and oxygen atoms in total.